The quantitative estimate of drug-likeness (QED) is 0.629. The molecule has 4 rings (SSSR count). The number of hydrogen-bond donors (Lipinski definition) is 1. The van der Waals surface area contributed by atoms with Crippen LogP contribution in [0.3, 0.4) is 0 Å². The second-order valence-corrected chi connectivity index (χ2v) is 7.87. The predicted molar refractivity (Wildman–Crippen MR) is 120 cm³/mol. The van der Waals surface area contributed by atoms with Gasteiger partial charge in [-0.05, 0) is 54.7 Å². The van der Waals surface area contributed by atoms with Crippen LogP contribution in [-0.4, -0.2) is 34.0 Å². The third-order valence-corrected chi connectivity index (χ3v) is 5.43. The Hall–Kier alpha value is -3.41. The SMILES string of the molecule is CC1CCN(c2ccc(NC(=O)/C=C/c3cn(Cc4ccccc4)nn3)cc2)CC1. The number of nitrogens with zero attached hydrogens (tertiary/aromatic N) is 4. The molecular formula is C24H27N5O. The van der Waals surface area contributed by atoms with Gasteiger partial charge >= 0.3 is 0 Å². The maximum Gasteiger partial charge on any atom is 0.248 e. The smallest absolute Gasteiger partial charge is 0.248 e. The molecule has 0 unspecified atom stereocenters. The topological polar surface area (TPSA) is 63.1 Å². The summed E-state index contributed by atoms with van der Waals surface area (Å²) in [6.07, 6.45) is 7.45. The van der Waals surface area contributed by atoms with E-state index in [-0.39, 0.29) is 5.91 Å². The van der Waals surface area contributed by atoms with E-state index < -0.39 is 0 Å². The lowest BCUT2D eigenvalue weighted by atomic mass is 9.99. The number of carbonyl (C=O) groups is 1. The standard InChI is InChI=1S/C24H27N5O/c1-19-13-15-28(16-14-19)23-10-7-21(8-11-23)25-24(30)12-9-22-18-29(27-26-22)17-20-5-3-2-4-6-20/h2-12,18-19H,13-17H2,1H3,(H,25,30)/b12-9+. The molecule has 1 amide bonds. The third kappa shape index (κ3) is 5.35. The minimum absolute atomic E-state index is 0.188. The molecule has 2 heterocycles. The summed E-state index contributed by atoms with van der Waals surface area (Å²) in [6, 6.07) is 18.1. The number of carbonyl (C=O) groups excluding carboxylic acids is 1. The van der Waals surface area contributed by atoms with E-state index in [1.807, 2.05) is 48.7 Å². The van der Waals surface area contributed by atoms with Crippen LogP contribution in [0.1, 0.15) is 31.0 Å². The maximum atomic E-state index is 12.2. The average Bonchev–Trinajstić information content (AvgIpc) is 3.21. The van der Waals surface area contributed by atoms with Crippen LogP contribution in [0.5, 0.6) is 0 Å². The normalized spacial score (nSPS) is 14.9. The van der Waals surface area contributed by atoms with Crippen molar-refractivity contribution < 1.29 is 4.79 Å². The maximum absolute atomic E-state index is 12.2. The van der Waals surface area contributed by atoms with Crippen LogP contribution >= 0.6 is 0 Å². The number of amides is 1. The van der Waals surface area contributed by atoms with Crippen LogP contribution in [0.25, 0.3) is 6.08 Å². The van der Waals surface area contributed by atoms with Crippen molar-refractivity contribution in [1.29, 1.82) is 0 Å². The van der Waals surface area contributed by atoms with Gasteiger partial charge in [0.1, 0.15) is 5.69 Å². The highest BCUT2D eigenvalue weighted by Gasteiger charge is 2.15. The molecule has 0 bridgehead atoms. The predicted octanol–water partition coefficient (Wildman–Crippen LogP) is 4.21. The fraction of sp³-hybridized carbons (Fsp3) is 0.292. The first kappa shape index (κ1) is 19.9. The lowest BCUT2D eigenvalue weighted by Crippen LogP contribution is -2.32. The molecule has 2 aromatic carbocycles. The van der Waals surface area contributed by atoms with Crippen molar-refractivity contribution >= 4 is 23.4 Å². The highest BCUT2D eigenvalue weighted by Crippen LogP contribution is 2.24. The van der Waals surface area contributed by atoms with Gasteiger partial charge in [-0.25, -0.2) is 4.68 Å². The largest absolute Gasteiger partial charge is 0.372 e. The van der Waals surface area contributed by atoms with E-state index in [1.165, 1.54) is 24.6 Å². The molecule has 3 aromatic rings. The Morgan fingerprint density at radius 3 is 2.57 bits per heavy atom. The monoisotopic (exact) mass is 401 g/mol. The molecule has 0 aliphatic carbocycles. The van der Waals surface area contributed by atoms with E-state index >= 15 is 0 Å². The molecule has 1 saturated heterocycles. The number of aromatic nitrogens is 3. The highest BCUT2D eigenvalue weighted by molar-refractivity contribution is 6.01. The van der Waals surface area contributed by atoms with Crippen molar-refractivity contribution in [2.24, 2.45) is 5.92 Å². The number of hydrogen-bond acceptors (Lipinski definition) is 4. The first-order chi connectivity index (χ1) is 14.7. The molecule has 0 atom stereocenters. The number of piperidine rings is 1. The Labute approximate surface area is 177 Å². The van der Waals surface area contributed by atoms with Crippen LogP contribution in [0.15, 0.2) is 66.9 Å². The van der Waals surface area contributed by atoms with Crippen LogP contribution in [0.2, 0.25) is 0 Å². The van der Waals surface area contributed by atoms with Crippen molar-refractivity contribution in [3.63, 3.8) is 0 Å². The summed E-state index contributed by atoms with van der Waals surface area (Å²) in [6.45, 7) is 5.16. The van der Waals surface area contributed by atoms with Gasteiger partial charge in [0.25, 0.3) is 0 Å². The number of nitrogens with one attached hydrogen (secondary N) is 1. The fourth-order valence-corrected chi connectivity index (χ4v) is 3.60. The minimum Gasteiger partial charge on any atom is -0.372 e. The van der Waals surface area contributed by atoms with Gasteiger partial charge < -0.3 is 10.2 Å². The Morgan fingerprint density at radius 1 is 1.10 bits per heavy atom. The Morgan fingerprint density at radius 2 is 1.83 bits per heavy atom. The Balaban J connectivity index is 1.29. The molecule has 154 valence electrons. The second kappa shape index (κ2) is 9.39. The summed E-state index contributed by atoms with van der Waals surface area (Å²) in [5.74, 6) is 0.624. The van der Waals surface area contributed by atoms with E-state index in [1.54, 1.807) is 10.8 Å². The third-order valence-electron chi connectivity index (χ3n) is 5.43. The van der Waals surface area contributed by atoms with Crippen molar-refractivity contribution in [1.82, 2.24) is 15.0 Å². The van der Waals surface area contributed by atoms with Gasteiger partial charge in [-0.3, -0.25) is 4.79 Å². The molecule has 1 fully saturated rings. The Bertz CT molecular complexity index is 986. The molecule has 0 spiro atoms. The van der Waals surface area contributed by atoms with Crippen LogP contribution in [0.4, 0.5) is 11.4 Å². The van der Waals surface area contributed by atoms with Crippen LogP contribution in [-0.2, 0) is 11.3 Å². The molecule has 6 heteroatoms. The lowest BCUT2D eigenvalue weighted by Gasteiger charge is -2.32. The second-order valence-electron chi connectivity index (χ2n) is 7.87. The zero-order chi connectivity index (χ0) is 20.8. The number of rotatable bonds is 6. The van der Waals surface area contributed by atoms with Gasteiger partial charge in [0, 0.05) is 30.5 Å². The minimum atomic E-state index is -0.188. The van der Waals surface area contributed by atoms with Gasteiger partial charge in [-0.15, -0.1) is 5.10 Å². The molecule has 30 heavy (non-hydrogen) atoms. The summed E-state index contributed by atoms with van der Waals surface area (Å²) >= 11 is 0. The van der Waals surface area contributed by atoms with Crippen molar-refractivity contribution in [2.45, 2.75) is 26.3 Å². The van der Waals surface area contributed by atoms with Gasteiger partial charge in [-0.1, -0.05) is 42.5 Å². The van der Waals surface area contributed by atoms with Gasteiger partial charge in [0.05, 0.1) is 12.7 Å². The van der Waals surface area contributed by atoms with Crippen LogP contribution in [0, 0.1) is 5.92 Å². The average molecular weight is 402 g/mol. The summed E-state index contributed by atoms with van der Waals surface area (Å²) < 4.78 is 1.76. The molecule has 1 aliphatic rings. The lowest BCUT2D eigenvalue weighted by molar-refractivity contribution is -0.111. The molecular weight excluding hydrogens is 374 g/mol. The first-order valence-corrected chi connectivity index (χ1v) is 10.4. The van der Waals surface area contributed by atoms with Crippen LogP contribution < -0.4 is 10.2 Å². The fourth-order valence-electron chi connectivity index (χ4n) is 3.60. The highest BCUT2D eigenvalue weighted by atomic mass is 16.1. The van der Waals surface area contributed by atoms with E-state index in [0.717, 1.165) is 30.3 Å². The molecule has 1 N–H and O–H groups in total. The number of benzene rings is 2. The van der Waals surface area contributed by atoms with Crippen molar-refractivity contribution in [2.75, 3.05) is 23.3 Å². The first-order valence-electron chi connectivity index (χ1n) is 10.4. The summed E-state index contributed by atoms with van der Waals surface area (Å²) in [5, 5.41) is 11.1. The molecule has 0 saturated carbocycles. The van der Waals surface area contributed by atoms with Gasteiger partial charge in [0.2, 0.25) is 5.91 Å². The zero-order valence-electron chi connectivity index (χ0n) is 17.2. The molecule has 0 radical (unpaired) electrons. The molecule has 1 aliphatic heterocycles. The summed E-state index contributed by atoms with van der Waals surface area (Å²) in [7, 11) is 0. The van der Waals surface area contributed by atoms with Gasteiger partial charge in [-0.2, -0.15) is 0 Å². The summed E-state index contributed by atoms with van der Waals surface area (Å²) in [5.41, 5.74) is 3.80. The van der Waals surface area contributed by atoms with Gasteiger partial charge in [0.15, 0.2) is 0 Å². The zero-order valence-corrected chi connectivity index (χ0v) is 17.2. The van der Waals surface area contributed by atoms with Crippen molar-refractivity contribution in [3.05, 3.63) is 78.1 Å². The van der Waals surface area contributed by atoms with E-state index in [9.17, 15) is 4.79 Å². The Kier molecular flexibility index (Phi) is 6.23. The van der Waals surface area contributed by atoms with E-state index in [0.29, 0.717) is 12.2 Å². The molecule has 1 aromatic heterocycles. The molecule has 6 nitrogen and oxygen atoms in total. The van der Waals surface area contributed by atoms with E-state index in [4.69, 9.17) is 0 Å². The van der Waals surface area contributed by atoms with E-state index in [2.05, 4.69) is 39.6 Å². The van der Waals surface area contributed by atoms with Crippen molar-refractivity contribution in [3.8, 4) is 0 Å². The summed E-state index contributed by atoms with van der Waals surface area (Å²) in [4.78, 5) is 14.6. The number of anilines is 2.